The van der Waals surface area contributed by atoms with Gasteiger partial charge in [-0.05, 0) is 24.5 Å². The Bertz CT molecular complexity index is 759. The number of Topliss-reactive ketones (excluding diaryl/α,β-unsaturated/α-hetero) is 1. The Morgan fingerprint density at radius 3 is 2.08 bits per heavy atom. The fourth-order valence-electron chi connectivity index (χ4n) is 3.54. The van der Waals surface area contributed by atoms with Crippen LogP contribution in [0.5, 0.6) is 0 Å². The van der Waals surface area contributed by atoms with Crippen LogP contribution in [-0.4, -0.2) is 31.9 Å². The first-order valence-electron chi connectivity index (χ1n) is 8.40. The fraction of sp³-hybridized carbons (Fsp3) is 0.381. The van der Waals surface area contributed by atoms with Gasteiger partial charge in [-0.3, -0.25) is 14.4 Å². The summed E-state index contributed by atoms with van der Waals surface area (Å²) in [6, 6.07) is 7.05. The monoisotopic (exact) mass is 356 g/mol. The highest BCUT2D eigenvalue weighted by molar-refractivity contribution is 5.94. The number of ketones is 1. The zero-order valence-electron chi connectivity index (χ0n) is 15.6. The Labute approximate surface area is 153 Å². The average Bonchev–Trinajstić information content (AvgIpc) is 2.65. The van der Waals surface area contributed by atoms with E-state index in [4.69, 9.17) is 9.47 Å². The number of methoxy groups -OCH3 is 2. The standard InChI is InChI=1S/C21H24O5/c1-13(15-8-10-16(11-9-15)14(2)22)21(3)12-6-7-17(19(23)25-4)18(21)20(24)26-5/h6,8-12,17-18H,1,7H2,2-5H3/t17-,18-,21-/m1/s1. The molecule has 1 aromatic carbocycles. The van der Waals surface area contributed by atoms with Crippen LogP contribution in [0.15, 0.2) is 43.0 Å². The number of allylic oxidation sites excluding steroid dienone is 3. The summed E-state index contributed by atoms with van der Waals surface area (Å²) in [5, 5.41) is 0. The predicted octanol–water partition coefficient (Wildman–Crippen LogP) is 3.45. The molecule has 0 unspecified atom stereocenters. The van der Waals surface area contributed by atoms with Crippen molar-refractivity contribution in [1.29, 1.82) is 0 Å². The zero-order chi connectivity index (χ0) is 19.5. The molecule has 0 heterocycles. The molecule has 0 saturated heterocycles. The maximum Gasteiger partial charge on any atom is 0.310 e. The largest absolute Gasteiger partial charge is 0.469 e. The van der Waals surface area contributed by atoms with Gasteiger partial charge in [0.15, 0.2) is 5.78 Å². The first-order valence-corrected chi connectivity index (χ1v) is 8.40. The molecular formula is C21H24O5. The minimum absolute atomic E-state index is 0.0240. The van der Waals surface area contributed by atoms with Gasteiger partial charge in [0.05, 0.1) is 26.1 Å². The van der Waals surface area contributed by atoms with Gasteiger partial charge in [-0.15, -0.1) is 0 Å². The summed E-state index contributed by atoms with van der Waals surface area (Å²) in [7, 11) is 2.61. The Kier molecular flexibility index (Phi) is 5.80. The average molecular weight is 356 g/mol. The first kappa shape index (κ1) is 19.6. The number of esters is 2. The van der Waals surface area contributed by atoms with Crippen molar-refractivity contribution in [1.82, 2.24) is 0 Å². The summed E-state index contributed by atoms with van der Waals surface area (Å²) in [4.78, 5) is 36.3. The van der Waals surface area contributed by atoms with E-state index < -0.39 is 29.2 Å². The SMILES string of the molecule is C=C(c1ccc(C(C)=O)cc1)[C@@]1(C)C=CC[C@@H](C(=O)OC)[C@@H]1C(=O)OC. The molecule has 1 aromatic rings. The Morgan fingerprint density at radius 2 is 1.58 bits per heavy atom. The molecule has 0 amide bonds. The van der Waals surface area contributed by atoms with Gasteiger partial charge in [-0.2, -0.15) is 0 Å². The van der Waals surface area contributed by atoms with Gasteiger partial charge in [0.2, 0.25) is 0 Å². The van der Waals surface area contributed by atoms with Gasteiger partial charge in [0, 0.05) is 11.0 Å². The second kappa shape index (κ2) is 7.68. The van der Waals surface area contributed by atoms with Gasteiger partial charge >= 0.3 is 11.9 Å². The van der Waals surface area contributed by atoms with Crippen molar-refractivity contribution in [3.63, 3.8) is 0 Å². The molecule has 138 valence electrons. The summed E-state index contributed by atoms with van der Waals surface area (Å²) in [5.41, 5.74) is 1.25. The Balaban J connectivity index is 2.48. The second-order valence-corrected chi connectivity index (χ2v) is 6.66. The molecular weight excluding hydrogens is 332 g/mol. The van der Waals surface area contributed by atoms with Crippen molar-refractivity contribution in [2.24, 2.45) is 17.3 Å². The third-order valence-electron chi connectivity index (χ3n) is 5.15. The number of hydrogen-bond donors (Lipinski definition) is 0. The molecule has 2 rings (SSSR count). The van der Waals surface area contributed by atoms with Crippen LogP contribution in [0.3, 0.4) is 0 Å². The van der Waals surface area contributed by atoms with Gasteiger partial charge < -0.3 is 9.47 Å². The molecule has 0 bridgehead atoms. The zero-order valence-corrected chi connectivity index (χ0v) is 15.6. The van der Waals surface area contributed by atoms with E-state index in [2.05, 4.69) is 6.58 Å². The van der Waals surface area contributed by atoms with Crippen LogP contribution in [0.1, 0.15) is 36.2 Å². The molecule has 0 saturated carbocycles. The van der Waals surface area contributed by atoms with Crippen LogP contribution in [0.25, 0.3) is 5.57 Å². The van der Waals surface area contributed by atoms with Crippen molar-refractivity contribution in [2.45, 2.75) is 20.3 Å². The van der Waals surface area contributed by atoms with E-state index in [1.165, 1.54) is 21.1 Å². The van der Waals surface area contributed by atoms with E-state index in [0.29, 0.717) is 17.6 Å². The number of rotatable bonds is 5. The molecule has 0 radical (unpaired) electrons. The van der Waals surface area contributed by atoms with Gasteiger partial charge in [-0.1, -0.05) is 49.9 Å². The molecule has 0 aromatic heterocycles. The quantitative estimate of drug-likeness (QED) is 0.459. The van der Waals surface area contributed by atoms with Crippen molar-refractivity contribution in [2.75, 3.05) is 14.2 Å². The lowest BCUT2D eigenvalue weighted by atomic mass is 9.61. The highest BCUT2D eigenvalue weighted by Gasteiger charge is 2.49. The van der Waals surface area contributed by atoms with E-state index in [-0.39, 0.29) is 5.78 Å². The minimum atomic E-state index is -0.818. The molecule has 0 spiro atoms. The summed E-state index contributed by atoms with van der Waals surface area (Å²) in [6.45, 7) is 7.55. The molecule has 0 aliphatic heterocycles. The van der Waals surface area contributed by atoms with Crippen LogP contribution in [0.4, 0.5) is 0 Å². The van der Waals surface area contributed by atoms with Crippen molar-refractivity contribution in [3.05, 3.63) is 54.1 Å². The highest BCUT2D eigenvalue weighted by Crippen LogP contribution is 2.49. The van der Waals surface area contributed by atoms with E-state index >= 15 is 0 Å². The van der Waals surface area contributed by atoms with Crippen molar-refractivity contribution in [3.8, 4) is 0 Å². The Morgan fingerprint density at radius 1 is 1.04 bits per heavy atom. The van der Waals surface area contributed by atoms with Crippen LogP contribution in [-0.2, 0) is 19.1 Å². The van der Waals surface area contributed by atoms with Gasteiger partial charge in [-0.25, -0.2) is 0 Å². The molecule has 0 fully saturated rings. The molecule has 26 heavy (non-hydrogen) atoms. The number of carbonyl (C=O) groups excluding carboxylic acids is 3. The summed E-state index contributed by atoms with van der Waals surface area (Å²) in [6.07, 6.45) is 4.17. The molecule has 1 aliphatic rings. The lowest BCUT2D eigenvalue weighted by Crippen LogP contribution is -2.44. The second-order valence-electron chi connectivity index (χ2n) is 6.66. The highest BCUT2D eigenvalue weighted by atomic mass is 16.5. The lowest BCUT2D eigenvalue weighted by molar-refractivity contribution is -0.160. The Hall–Kier alpha value is -2.69. The minimum Gasteiger partial charge on any atom is -0.469 e. The van der Waals surface area contributed by atoms with Gasteiger partial charge in [0.1, 0.15) is 0 Å². The molecule has 3 atom stereocenters. The number of hydrogen-bond acceptors (Lipinski definition) is 5. The van der Waals surface area contributed by atoms with Crippen LogP contribution < -0.4 is 0 Å². The van der Waals surface area contributed by atoms with Crippen molar-refractivity contribution < 1.29 is 23.9 Å². The van der Waals surface area contributed by atoms with Gasteiger partial charge in [0.25, 0.3) is 0 Å². The summed E-state index contributed by atoms with van der Waals surface area (Å²) in [5.74, 6) is -2.34. The normalized spacial score (nSPS) is 24.6. The third kappa shape index (κ3) is 3.47. The van der Waals surface area contributed by atoms with Crippen molar-refractivity contribution >= 4 is 23.3 Å². The molecule has 0 N–H and O–H groups in total. The lowest BCUT2D eigenvalue weighted by Gasteiger charge is -2.41. The van der Waals surface area contributed by atoms with Crippen LogP contribution in [0.2, 0.25) is 0 Å². The molecule has 5 nitrogen and oxygen atoms in total. The van der Waals surface area contributed by atoms with E-state index in [0.717, 1.165) is 5.56 Å². The number of ether oxygens (including phenoxy) is 2. The first-order chi connectivity index (χ1) is 12.3. The van der Waals surface area contributed by atoms with E-state index in [1.807, 2.05) is 19.1 Å². The molecule has 5 heteroatoms. The van der Waals surface area contributed by atoms with E-state index in [1.54, 1.807) is 24.3 Å². The van der Waals surface area contributed by atoms with Crippen LogP contribution >= 0.6 is 0 Å². The number of carbonyl (C=O) groups is 3. The summed E-state index contributed by atoms with van der Waals surface area (Å²) >= 11 is 0. The number of benzene rings is 1. The smallest absolute Gasteiger partial charge is 0.310 e. The third-order valence-corrected chi connectivity index (χ3v) is 5.15. The maximum absolute atomic E-state index is 12.5. The molecule has 1 aliphatic carbocycles. The van der Waals surface area contributed by atoms with Crippen LogP contribution in [0, 0.1) is 17.3 Å². The van der Waals surface area contributed by atoms with E-state index in [9.17, 15) is 14.4 Å². The fourth-order valence-corrected chi connectivity index (χ4v) is 3.54. The predicted molar refractivity (Wildman–Crippen MR) is 98.4 cm³/mol. The summed E-state index contributed by atoms with van der Waals surface area (Å²) < 4.78 is 9.87. The maximum atomic E-state index is 12.5. The topological polar surface area (TPSA) is 69.7 Å².